The summed E-state index contributed by atoms with van der Waals surface area (Å²) in [5, 5.41) is 3.00. The fourth-order valence-electron chi connectivity index (χ4n) is 1.48. The van der Waals surface area contributed by atoms with E-state index >= 15 is 0 Å². The molecular formula is C11H22N4O. The van der Waals surface area contributed by atoms with Gasteiger partial charge in [-0.25, -0.2) is 4.99 Å². The molecule has 0 aromatic rings. The molecule has 1 heterocycles. The number of guanidine groups is 1. The third-order valence-corrected chi connectivity index (χ3v) is 2.57. The number of nitrogens with one attached hydrogen (secondary N) is 1. The molecule has 92 valence electrons. The molecule has 1 aliphatic heterocycles. The summed E-state index contributed by atoms with van der Waals surface area (Å²) in [6, 6.07) is 0. The second kappa shape index (κ2) is 7.24. The number of likely N-dealkylation sites (N-methyl/N-ethyl adjacent to an activating group) is 1. The lowest BCUT2D eigenvalue weighted by molar-refractivity contribution is 0.204. The molecule has 0 fully saturated rings. The molecule has 0 unspecified atom stereocenters. The zero-order chi connectivity index (χ0) is 11.8. The average Bonchev–Trinajstić information content (AvgIpc) is 2.29. The van der Waals surface area contributed by atoms with E-state index in [9.17, 15) is 0 Å². The van der Waals surface area contributed by atoms with Gasteiger partial charge in [0.25, 0.3) is 0 Å². The summed E-state index contributed by atoms with van der Waals surface area (Å²) in [5.74, 6) is 0.497. The van der Waals surface area contributed by atoms with E-state index in [1.165, 1.54) is 5.57 Å². The molecule has 1 rings (SSSR count). The van der Waals surface area contributed by atoms with Gasteiger partial charge in [-0.15, -0.1) is 0 Å². The van der Waals surface area contributed by atoms with Crippen LogP contribution in [0.2, 0.25) is 0 Å². The van der Waals surface area contributed by atoms with Crippen LogP contribution in [-0.4, -0.2) is 57.8 Å². The van der Waals surface area contributed by atoms with Gasteiger partial charge in [-0.2, -0.15) is 0 Å². The Bertz CT molecular complexity index is 263. The number of hydrogen-bond acceptors (Lipinski definition) is 3. The summed E-state index contributed by atoms with van der Waals surface area (Å²) in [6.45, 7) is 4.18. The van der Waals surface area contributed by atoms with Crippen LogP contribution < -0.4 is 11.1 Å². The van der Waals surface area contributed by atoms with Crippen LogP contribution in [0, 0.1) is 0 Å². The van der Waals surface area contributed by atoms with Gasteiger partial charge in [0.1, 0.15) is 0 Å². The van der Waals surface area contributed by atoms with E-state index in [0.717, 1.165) is 19.5 Å². The molecule has 0 spiro atoms. The third kappa shape index (κ3) is 5.14. The Morgan fingerprint density at radius 3 is 3.12 bits per heavy atom. The van der Waals surface area contributed by atoms with Crippen molar-refractivity contribution in [1.29, 1.82) is 0 Å². The molecule has 3 N–H and O–H groups in total. The second-order valence-corrected chi connectivity index (χ2v) is 4.00. The predicted molar refractivity (Wildman–Crippen MR) is 66.6 cm³/mol. The molecular weight excluding hydrogens is 204 g/mol. The van der Waals surface area contributed by atoms with E-state index in [1.54, 1.807) is 7.11 Å². The van der Waals surface area contributed by atoms with Crippen LogP contribution >= 0.6 is 0 Å². The quantitative estimate of drug-likeness (QED) is 0.295. The van der Waals surface area contributed by atoms with Crippen molar-refractivity contribution in [1.82, 2.24) is 10.2 Å². The lowest BCUT2D eigenvalue weighted by Gasteiger charge is -2.21. The van der Waals surface area contributed by atoms with E-state index in [0.29, 0.717) is 25.7 Å². The Hall–Kier alpha value is -1.07. The Morgan fingerprint density at radius 2 is 2.50 bits per heavy atom. The van der Waals surface area contributed by atoms with E-state index < -0.39 is 0 Å². The van der Waals surface area contributed by atoms with Crippen LogP contribution in [0.25, 0.3) is 0 Å². The monoisotopic (exact) mass is 226 g/mol. The molecule has 0 aliphatic carbocycles. The molecule has 0 atom stereocenters. The number of ether oxygens (including phenoxy) is 1. The van der Waals surface area contributed by atoms with E-state index in [1.807, 2.05) is 0 Å². The molecule has 0 bridgehead atoms. The minimum Gasteiger partial charge on any atom is -0.383 e. The van der Waals surface area contributed by atoms with Gasteiger partial charge in [-0.05, 0) is 13.5 Å². The molecule has 5 nitrogen and oxygen atoms in total. The topological polar surface area (TPSA) is 62.9 Å². The normalized spacial score (nSPS) is 18.4. The van der Waals surface area contributed by atoms with E-state index in [2.05, 4.69) is 28.3 Å². The van der Waals surface area contributed by atoms with Gasteiger partial charge >= 0.3 is 0 Å². The lowest BCUT2D eigenvalue weighted by atomic mass is 10.1. The van der Waals surface area contributed by atoms with Crippen molar-refractivity contribution in [3.8, 4) is 0 Å². The summed E-state index contributed by atoms with van der Waals surface area (Å²) in [5.41, 5.74) is 7.07. The van der Waals surface area contributed by atoms with Crippen molar-refractivity contribution in [2.24, 2.45) is 10.7 Å². The highest BCUT2D eigenvalue weighted by Gasteiger charge is 2.06. The van der Waals surface area contributed by atoms with Crippen molar-refractivity contribution < 1.29 is 4.74 Å². The highest BCUT2D eigenvalue weighted by molar-refractivity contribution is 5.77. The molecule has 16 heavy (non-hydrogen) atoms. The molecule has 0 radical (unpaired) electrons. The Morgan fingerprint density at radius 1 is 1.69 bits per heavy atom. The Balaban J connectivity index is 2.24. The van der Waals surface area contributed by atoms with Crippen molar-refractivity contribution in [2.75, 3.05) is 46.9 Å². The summed E-state index contributed by atoms with van der Waals surface area (Å²) in [6.07, 6.45) is 3.32. The smallest absolute Gasteiger partial charge is 0.188 e. The maximum atomic E-state index is 5.70. The van der Waals surface area contributed by atoms with Crippen LogP contribution in [-0.2, 0) is 4.74 Å². The van der Waals surface area contributed by atoms with Crippen LogP contribution in [0.4, 0.5) is 0 Å². The molecule has 0 aromatic heterocycles. The highest BCUT2D eigenvalue weighted by Crippen LogP contribution is 2.08. The van der Waals surface area contributed by atoms with Crippen LogP contribution in [0.3, 0.4) is 0 Å². The first-order chi connectivity index (χ1) is 7.72. The molecule has 0 aromatic carbocycles. The molecule has 0 saturated carbocycles. The zero-order valence-corrected chi connectivity index (χ0v) is 10.2. The molecule has 0 saturated heterocycles. The second-order valence-electron chi connectivity index (χ2n) is 4.00. The maximum absolute atomic E-state index is 5.70. The number of nitrogens with zero attached hydrogens (tertiary/aromatic N) is 2. The minimum atomic E-state index is 0.497. The van der Waals surface area contributed by atoms with Gasteiger partial charge in [0, 0.05) is 26.7 Å². The predicted octanol–water partition coefficient (Wildman–Crippen LogP) is -0.201. The highest BCUT2D eigenvalue weighted by atomic mass is 16.5. The number of methoxy groups -OCH3 is 1. The number of nitrogens with two attached hydrogens (primary N) is 1. The fraction of sp³-hybridized carbons (Fsp3) is 0.727. The SMILES string of the molecule is COCCNC(N)=NCC1=CCN(C)CC1. The molecule has 1 aliphatic rings. The first-order valence-electron chi connectivity index (χ1n) is 5.61. The largest absolute Gasteiger partial charge is 0.383 e. The van der Waals surface area contributed by atoms with Gasteiger partial charge < -0.3 is 20.7 Å². The Kier molecular flexibility index (Phi) is 5.88. The zero-order valence-electron chi connectivity index (χ0n) is 10.2. The van der Waals surface area contributed by atoms with Gasteiger partial charge in [-0.3, -0.25) is 0 Å². The summed E-state index contributed by atoms with van der Waals surface area (Å²) >= 11 is 0. The number of aliphatic imine (C=N–C) groups is 1. The van der Waals surface area contributed by atoms with Crippen molar-refractivity contribution in [2.45, 2.75) is 6.42 Å². The third-order valence-electron chi connectivity index (χ3n) is 2.57. The maximum Gasteiger partial charge on any atom is 0.188 e. The van der Waals surface area contributed by atoms with Gasteiger partial charge in [0.05, 0.1) is 13.2 Å². The molecule has 0 amide bonds. The summed E-state index contributed by atoms with van der Waals surface area (Å²) in [7, 11) is 3.79. The summed E-state index contributed by atoms with van der Waals surface area (Å²) in [4.78, 5) is 6.57. The Labute approximate surface area is 97.4 Å². The molecule has 5 heteroatoms. The van der Waals surface area contributed by atoms with Crippen LogP contribution in [0.5, 0.6) is 0 Å². The first-order valence-corrected chi connectivity index (χ1v) is 5.61. The first kappa shape index (κ1) is 13.0. The van der Waals surface area contributed by atoms with Crippen molar-refractivity contribution in [3.05, 3.63) is 11.6 Å². The van der Waals surface area contributed by atoms with E-state index in [4.69, 9.17) is 10.5 Å². The van der Waals surface area contributed by atoms with Crippen LogP contribution in [0.15, 0.2) is 16.6 Å². The fourth-order valence-corrected chi connectivity index (χ4v) is 1.48. The standard InChI is InChI=1S/C11H22N4O/c1-15-6-3-10(4-7-15)9-14-11(12)13-5-8-16-2/h3H,4-9H2,1-2H3,(H3,12,13,14). The minimum absolute atomic E-state index is 0.497. The average molecular weight is 226 g/mol. The van der Waals surface area contributed by atoms with Gasteiger partial charge in [0.2, 0.25) is 0 Å². The van der Waals surface area contributed by atoms with Gasteiger partial charge in [-0.1, -0.05) is 11.6 Å². The van der Waals surface area contributed by atoms with Crippen LogP contribution in [0.1, 0.15) is 6.42 Å². The van der Waals surface area contributed by atoms with Gasteiger partial charge in [0.15, 0.2) is 5.96 Å². The number of hydrogen-bond donors (Lipinski definition) is 2. The summed E-state index contributed by atoms with van der Waals surface area (Å²) < 4.78 is 4.91. The van der Waals surface area contributed by atoms with Crippen molar-refractivity contribution >= 4 is 5.96 Å². The van der Waals surface area contributed by atoms with Crippen molar-refractivity contribution in [3.63, 3.8) is 0 Å². The number of rotatable bonds is 5. The van der Waals surface area contributed by atoms with E-state index in [-0.39, 0.29) is 0 Å². The lowest BCUT2D eigenvalue weighted by Crippen LogP contribution is -2.34.